The molecule has 1 amide bonds. The first-order valence-corrected chi connectivity index (χ1v) is 7.35. The Morgan fingerprint density at radius 3 is 2.61 bits per heavy atom. The van der Waals surface area contributed by atoms with Gasteiger partial charge in [0.2, 0.25) is 0 Å². The molecule has 1 aromatic rings. The maximum atomic E-state index is 11.8. The highest BCUT2D eigenvalue weighted by molar-refractivity contribution is 7.99. The molecular weight excluding hydrogens is 246 g/mol. The molecule has 0 aromatic heterocycles. The van der Waals surface area contributed by atoms with Crippen LogP contribution in [-0.2, 0) is 0 Å². The van der Waals surface area contributed by atoms with E-state index in [1.54, 1.807) is 24.3 Å². The van der Waals surface area contributed by atoms with Crippen LogP contribution >= 0.6 is 11.8 Å². The van der Waals surface area contributed by atoms with Crippen molar-refractivity contribution in [1.82, 2.24) is 10.2 Å². The van der Waals surface area contributed by atoms with Gasteiger partial charge in [0.1, 0.15) is 0 Å². The maximum absolute atomic E-state index is 11.8. The summed E-state index contributed by atoms with van der Waals surface area (Å²) in [5.74, 6) is 2.37. The first-order chi connectivity index (χ1) is 8.75. The molecule has 3 N–H and O–H groups in total. The maximum Gasteiger partial charge on any atom is 0.251 e. The third-order valence-electron chi connectivity index (χ3n) is 2.99. The van der Waals surface area contributed by atoms with Gasteiger partial charge in [-0.15, -0.1) is 0 Å². The Morgan fingerprint density at radius 1 is 1.28 bits per heavy atom. The number of carbonyl (C=O) groups is 1. The van der Waals surface area contributed by atoms with E-state index in [2.05, 4.69) is 10.2 Å². The van der Waals surface area contributed by atoms with E-state index in [4.69, 9.17) is 5.73 Å². The molecule has 0 saturated carbocycles. The highest BCUT2D eigenvalue weighted by Gasteiger charge is 2.10. The van der Waals surface area contributed by atoms with Crippen LogP contribution in [0.15, 0.2) is 24.3 Å². The Labute approximate surface area is 112 Å². The standard InChI is InChI=1S/C13H19N3OS/c14-12-3-1-11(2-4-12)13(17)15-5-6-16-7-9-18-10-8-16/h1-4H,5-10,14H2,(H,15,17). The Morgan fingerprint density at radius 2 is 1.94 bits per heavy atom. The summed E-state index contributed by atoms with van der Waals surface area (Å²) in [7, 11) is 0. The fourth-order valence-electron chi connectivity index (χ4n) is 1.89. The second-order valence-electron chi connectivity index (χ2n) is 4.33. The van der Waals surface area contributed by atoms with E-state index < -0.39 is 0 Å². The predicted octanol–water partition coefficient (Wildman–Crippen LogP) is 1.05. The van der Waals surface area contributed by atoms with Crippen LogP contribution in [0.25, 0.3) is 0 Å². The van der Waals surface area contributed by atoms with Crippen molar-refractivity contribution in [1.29, 1.82) is 0 Å². The molecule has 0 atom stereocenters. The van der Waals surface area contributed by atoms with Gasteiger partial charge in [-0.25, -0.2) is 0 Å². The van der Waals surface area contributed by atoms with Crippen LogP contribution in [0.3, 0.4) is 0 Å². The number of carbonyl (C=O) groups excluding carboxylic acids is 1. The number of benzene rings is 1. The molecule has 0 spiro atoms. The minimum Gasteiger partial charge on any atom is -0.399 e. The molecule has 1 aliphatic heterocycles. The van der Waals surface area contributed by atoms with Crippen molar-refractivity contribution in [3.8, 4) is 0 Å². The fraction of sp³-hybridized carbons (Fsp3) is 0.462. The van der Waals surface area contributed by atoms with E-state index in [9.17, 15) is 4.79 Å². The summed E-state index contributed by atoms with van der Waals surface area (Å²) >= 11 is 2.00. The molecule has 1 fully saturated rings. The first kappa shape index (κ1) is 13.2. The number of thioether (sulfide) groups is 1. The zero-order valence-electron chi connectivity index (χ0n) is 10.4. The first-order valence-electron chi connectivity index (χ1n) is 6.19. The van der Waals surface area contributed by atoms with Crippen LogP contribution < -0.4 is 11.1 Å². The van der Waals surface area contributed by atoms with Gasteiger partial charge in [0, 0.05) is 48.9 Å². The van der Waals surface area contributed by atoms with E-state index in [0.717, 1.165) is 19.6 Å². The zero-order chi connectivity index (χ0) is 12.8. The topological polar surface area (TPSA) is 58.4 Å². The van der Waals surface area contributed by atoms with Crippen LogP contribution in [0.5, 0.6) is 0 Å². The van der Waals surface area contributed by atoms with Crippen molar-refractivity contribution >= 4 is 23.4 Å². The Bertz CT molecular complexity index is 388. The van der Waals surface area contributed by atoms with Gasteiger partial charge in [0.05, 0.1) is 0 Å². The van der Waals surface area contributed by atoms with Crippen molar-refractivity contribution < 1.29 is 4.79 Å². The third-order valence-corrected chi connectivity index (χ3v) is 3.93. The number of nitrogen functional groups attached to an aromatic ring is 1. The minimum absolute atomic E-state index is 0.0265. The molecule has 0 bridgehead atoms. The van der Waals surface area contributed by atoms with Crippen molar-refractivity contribution in [2.45, 2.75) is 0 Å². The lowest BCUT2D eigenvalue weighted by atomic mass is 10.2. The smallest absolute Gasteiger partial charge is 0.251 e. The highest BCUT2D eigenvalue weighted by atomic mass is 32.2. The highest BCUT2D eigenvalue weighted by Crippen LogP contribution is 2.08. The molecule has 1 aromatic carbocycles. The van der Waals surface area contributed by atoms with Gasteiger partial charge in [-0.2, -0.15) is 11.8 Å². The summed E-state index contributed by atoms with van der Waals surface area (Å²) in [6, 6.07) is 7.00. The zero-order valence-corrected chi connectivity index (χ0v) is 11.2. The van der Waals surface area contributed by atoms with Crippen molar-refractivity contribution in [2.75, 3.05) is 43.4 Å². The fourth-order valence-corrected chi connectivity index (χ4v) is 2.87. The summed E-state index contributed by atoms with van der Waals surface area (Å²) in [5, 5.41) is 2.94. The predicted molar refractivity (Wildman–Crippen MR) is 77.0 cm³/mol. The number of anilines is 1. The lowest BCUT2D eigenvalue weighted by Crippen LogP contribution is -2.39. The van der Waals surface area contributed by atoms with Gasteiger partial charge >= 0.3 is 0 Å². The second kappa shape index (κ2) is 6.66. The monoisotopic (exact) mass is 265 g/mol. The molecule has 1 aliphatic rings. The summed E-state index contributed by atoms with van der Waals surface area (Å²) in [5.41, 5.74) is 6.93. The molecule has 0 unspecified atom stereocenters. The van der Waals surface area contributed by atoms with Crippen molar-refractivity contribution in [2.24, 2.45) is 0 Å². The Balaban J connectivity index is 1.72. The largest absolute Gasteiger partial charge is 0.399 e. The normalized spacial score (nSPS) is 16.4. The van der Waals surface area contributed by atoms with Gasteiger partial charge in [-0.1, -0.05) is 0 Å². The van der Waals surface area contributed by atoms with Gasteiger partial charge in [-0.05, 0) is 24.3 Å². The number of nitrogens with zero attached hydrogens (tertiary/aromatic N) is 1. The quantitative estimate of drug-likeness (QED) is 0.799. The Kier molecular flexibility index (Phi) is 4.90. The van der Waals surface area contributed by atoms with Crippen molar-refractivity contribution in [3.63, 3.8) is 0 Å². The summed E-state index contributed by atoms with van der Waals surface area (Å²) < 4.78 is 0. The molecular formula is C13H19N3OS. The van der Waals surface area contributed by atoms with E-state index >= 15 is 0 Å². The molecule has 0 radical (unpaired) electrons. The van der Waals surface area contributed by atoms with Gasteiger partial charge in [0.25, 0.3) is 5.91 Å². The second-order valence-corrected chi connectivity index (χ2v) is 5.56. The van der Waals surface area contributed by atoms with Crippen LogP contribution in [0.2, 0.25) is 0 Å². The lowest BCUT2D eigenvalue weighted by Gasteiger charge is -2.25. The molecule has 2 rings (SSSR count). The van der Waals surface area contributed by atoms with Crippen LogP contribution in [0.1, 0.15) is 10.4 Å². The molecule has 98 valence electrons. The summed E-state index contributed by atoms with van der Waals surface area (Å²) in [6.07, 6.45) is 0. The van der Waals surface area contributed by atoms with E-state index in [0.29, 0.717) is 17.8 Å². The van der Waals surface area contributed by atoms with Gasteiger partial charge in [0.15, 0.2) is 0 Å². The summed E-state index contributed by atoms with van der Waals surface area (Å²) in [6.45, 7) is 3.89. The van der Waals surface area contributed by atoms with Gasteiger partial charge < -0.3 is 11.1 Å². The average Bonchev–Trinajstić information content (AvgIpc) is 2.40. The van der Waals surface area contributed by atoms with Crippen molar-refractivity contribution in [3.05, 3.63) is 29.8 Å². The molecule has 0 aliphatic carbocycles. The van der Waals surface area contributed by atoms with E-state index in [-0.39, 0.29) is 5.91 Å². The number of rotatable bonds is 4. The molecule has 5 heteroatoms. The molecule has 1 heterocycles. The summed E-state index contributed by atoms with van der Waals surface area (Å²) in [4.78, 5) is 14.2. The van der Waals surface area contributed by atoms with Crippen LogP contribution in [0, 0.1) is 0 Å². The number of nitrogens with two attached hydrogens (primary N) is 1. The minimum atomic E-state index is -0.0265. The molecule has 1 saturated heterocycles. The number of nitrogens with one attached hydrogen (secondary N) is 1. The number of hydrogen-bond donors (Lipinski definition) is 2. The van der Waals surface area contributed by atoms with E-state index in [1.165, 1.54) is 11.5 Å². The van der Waals surface area contributed by atoms with Crippen LogP contribution in [-0.4, -0.2) is 48.5 Å². The number of amides is 1. The average molecular weight is 265 g/mol. The Hall–Kier alpha value is -1.20. The third kappa shape index (κ3) is 3.92. The molecule has 18 heavy (non-hydrogen) atoms. The van der Waals surface area contributed by atoms with Crippen LogP contribution in [0.4, 0.5) is 5.69 Å². The van der Waals surface area contributed by atoms with Gasteiger partial charge in [-0.3, -0.25) is 9.69 Å². The lowest BCUT2D eigenvalue weighted by molar-refractivity contribution is 0.0949. The SMILES string of the molecule is Nc1ccc(C(=O)NCCN2CCSCC2)cc1. The molecule has 4 nitrogen and oxygen atoms in total. The number of hydrogen-bond acceptors (Lipinski definition) is 4. The van der Waals surface area contributed by atoms with E-state index in [1.807, 2.05) is 11.8 Å².